The molecule has 2 nitrogen and oxygen atoms in total. The van der Waals surface area contributed by atoms with Crippen molar-refractivity contribution >= 4 is 43.6 Å². The standard InChI is InChI=1S/C40H25F5N2/c1-20-6-10-27-28-11-7-23-15-36(28)46(33(27)12-20)37-19-31(40(43,44)45)38(18-29(37)30-16-24(41)17-32(42)39(23)30)47-34-13-21(2)4-8-25(34)26-9-5-22(3)14-35(26)47/h4-19H,1-3H3. The Morgan fingerprint density at radius 1 is 0.489 bits per heavy atom. The van der Waals surface area contributed by atoms with Gasteiger partial charge in [-0.25, -0.2) is 8.78 Å². The smallest absolute Gasteiger partial charge is 0.309 e. The largest absolute Gasteiger partial charge is 0.418 e. The number of hydrogen-bond donors (Lipinski definition) is 0. The second-order valence-electron chi connectivity index (χ2n) is 12.7. The lowest BCUT2D eigenvalue weighted by atomic mass is 9.89. The van der Waals surface area contributed by atoms with Crippen LogP contribution in [0.15, 0.2) is 97.1 Å². The van der Waals surface area contributed by atoms with Crippen LogP contribution < -0.4 is 0 Å². The van der Waals surface area contributed by atoms with E-state index >= 15 is 22.0 Å². The fraction of sp³-hybridized carbons (Fsp3) is 0.100. The topological polar surface area (TPSA) is 9.86 Å². The van der Waals surface area contributed by atoms with Gasteiger partial charge in [-0.15, -0.1) is 0 Å². The second kappa shape index (κ2) is 9.32. The molecule has 8 aromatic rings. The zero-order valence-electron chi connectivity index (χ0n) is 25.5. The third kappa shape index (κ3) is 3.89. The Balaban J connectivity index is 1.53. The molecule has 0 spiro atoms. The quantitative estimate of drug-likeness (QED) is 0.160. The first-order chi connectivity index (χ1) is 22.5. The van der Waals surface area contributed by atoms with Gasteiger partial charge < -0.3 is 9.13 Å². The molecule has 0 atom stereocenters. The number of aromatic nitrogens is 2. The third-order valence-electron chi connectivity index (χ3n) is 9.54. The highest BCUT2D eigenvalue weighted by molar-refractivity contribution is 6.13. The van der Waals surface area contributed by atoms with Crippen molar-refractivity contribution in [3.8, 4) is 33.6 Å². The van der Waals surface area contributed by atoms with Crippen LogP contribution in [0.5, 0.6) is 0 Å². The van der Waals surface area contributed by atoms with Gasteiger partial charge in [-0.2, -0.15) is 13.2 Å². The lowest BCUT2D eigenvalue weighted by molar-refractivity contribution is -0.137. The Bertz CT molecular complexity index is 2610. The lowest BCUT2D eigenvalue weighted by Crippen LogP contribution is -2.14. The highest BCUT2D eigenvalue weighted by atomic mass is 19.4. The molecular formula is C40H25F5N2. The van der Waals surface area contributed by atoms with Gasteiger partial charge in [-0.05, 0) is 91.1 Å². The van der Waals surface area contributed by atoms with Crippen LogP contribution >= 0.6 is 0 Å². The van der Waals surface area contributed by atoms with Gasteiger partial charge in [0.25, 0.3) is 0 Å². The molecule has 9 rings (SSSR count). The molecule has 1 aliphatic heterocycles. The van der Waals surface area contributed by atoms with Gasteiger partial charge in [0.1, 0.15) is 11.6 Å². The Labute approximate surface area is 265 Å². The average Bonchev–Trinajstić information content (AvgIpc) is 3.48. The molecule has 3 heterocycles. The Morgan fingerprint density at radius 2 is 0.979 bits per heavy atom. The van der Waals surface area contributed by atoms with Gasteiger partial charge in [-0.3, -0.25) is 0 Å². The van der Waals surface area contributed by atoms with E-state index in [-0.39, 0.29) is 22.5 Å². The van der Waals surface area contributed by atoms with Crippen LogP contribution in [0.4, 0.5) is 22.0 Å². The third-order valence-corrected chi connectivity index (χ3v) is 9.54. The summed E-state index contributed by atoms with van der Waals surface area (Å²) >= 11 is 0. The van der Waals surface area contributed by atoms with Crippen molar-refractivity contribution in [3.05, 3.63) is 131 Å². The second-order valence-corrected chi connectivity index (χ2v) is 12.7. The summed E-state index contributed by atoms with van der Waals surface area (Å²) < 4.78 is 80.8. The zero-order chi connectivity index (χ0) is 32.5. The van der Waals surface area contributed by atoms with Crippen molar-refractivity contribution in [1.29, 1.82) is 0 Å². The van der Waals surface area contributed by atoms with Crippen LogP contribution in [0.2, 0.25) is 0 Å². The van der Waals surface area contributed by atoms with E-state index in [1.807, 2.05) is 81.4 Å². The monoisotopic (exact) mass is 628 g/mol. The number of hydrogen-bond acceptors (Lipinski definition) is 0. The Morgan fingerprint density at radius 3 is 1.51 bits per heavy atom. The fourth-order valence-electron chi connectivity index (χ4n) is 7.51. The van der Waals surface area contributed by atoms with E-state index in [1.54, 1.807) is 21.3 Å². The molecule has 0 N–H and O–H groups in total. The van der Waals surface area contributed by atoms with Crippen molar-refractivity contribution in [2.24, 2.45) is 0 Å². The van der Waals surface area contributed by atoms with Crippen molar-refractivity contribution in [2.75, 3.05) is 0 Å². The van der Waals surface area contributed by atoms with E-state index in [2.05, 4.69) is 0 Å². The van der Waals surface area contributed by atoms with Crippen LogP contribution in [0.1, 0.15) is 22.3 Å². The first-order valence-corrected chi connectivity index (χ1v) is 15.3. The highest BCUT2D eigenvalue weighted by Crippen LogP contribution is 2.49. The lowest BCUT2D eigenvalue weighted by Gasteiger charge is -2.25. The molecule has 0 aliphatic carbocycles. The number of aryl methyl sites for hydroxylation is 3. The Kier molecular flexibility index (Phi) is 5.52. The molecule has 0 fully saturated rings. The van der Waals surface area contributed by atoms with Crippen molar-refractivity contribution in [2.45, 2.75) is 26.9 Å². The van der Waals surface area contributed by atoms with Gasteiger partial charge in [0.05, 0.1) is 39.0 Å². The van der Waals surface area contributed by atoms with Crippen LogP contribution in [-0.2, 0) is 6.18 Å². The van der Waals surface area contributed by atoms with Gasteiger partial charge in [0.2, 0.25) is 0 Å². The molecule has 0 saturated carbocycles. The molecule has 0 unspecified atom stereocenters. The SMILES string of the molecule is Cc1ccc2c3ccc4cc3n(c2c1)-c1cc(C(F)(F)F)c(-n2c3cc(C)ccc3c3ccc(C)cc32)cc1-c1cc(F)cc(F)c1-4. The summed E-state index contributed by atoms with van der Waals surface area (Å²) in [6.45, 7) is 5.73. The summed E-state index contributed by atoms with van der Waals surface area (Å²) in [6, 6.07) is 27.5. The summed E-state index contributed by atoms with van der Waals surface area (Å²) in [6.07, 6.45) is -4.76. The predicted octanol–water partition coefficient (Wildman–Crippen LogP) is 11.8. The van der Waals surface area contributed by atoms with Crippen molar-refractivity contribution in [1.82, 2.24) is 9.13 Å². The van der Waals surface area contributed by atoms with E-state index in [0.717, 1.165) is 50.4 Å². The molecule has 47 heavy (non-hydrogen) atoms. The van der Waals surface area contributed by atoms with Gasteiger partial charge >= 0.3 is 6.18 Å². The molecule has 0 amide bonds. The van der Waals surface area contributed by atoms with Crippen LogP contribution in [0.25, 0.3) is 77.2 Å². The summed E-state index contributed by atoms with van der Waals surface area (Å²) in [5, 5.41) is 3.30. The van der Waals surface area contributed by atoms with E-state index in [4.69, 9.17) is 0 Å². The van der Waals surface area contributed by atoms with Gasteiger partial charge in [0.15, 0.2) is 0 Å². The molecule has 2 bridgehead atoms. The minimum absolute atomic E-state index is 0.115. The molecule has 6 aromatic carbocycles. The first-order valence-electron chi connectivity index (χ1n) is 15.3. The van der Waals surface area contributed by atoms with E-state index in [0.29, 0.717) is 33.2 Å². The maximum atomic E-state index is 15.9. The number of benzene rings is 6. The Hall–Kier alpha value is -5.43. The molecule has 0 radical (unpaired) electrons. The van der Waals surface area contributed by atoms with E-state index < -0.39 is 23.4 Å². The summed E-state index contributed by atoms with van der Waals surface area (Å²) in [5.74, 6) is -1.60. The highest BCUT2D eigenvalue weighted by Gasteiger charge is 2.37. The van der Waals surface area contributed by atoms with Crippen LogP contribution in [0, 0.1) is 32.4 Å². The number of fused-ring (bicyclic) bond motifs is 12. The van der Waals surface area contributed by atoms with E-state index in [1.165, 1.54) is 12.1 Å². The maximum absolute atomic E-state index is 15.9. The number of halogens is 5. The normalized spacial score (nSPS) is 12.7. The molecule has 230 valence electrons. The first kappa shape index (κ1) is 27.8. The van der Waals surface area contributed by atoms with E-state index in [9.17, 15) is 0 Å². The fourth-order valence-corrected chi connectivity index (χ4v) is 7.51. The summed E-state index contributed by atoms with van der Waals surface area (Å²) in [7, 11) is 0. The molecule has 7 heteroatoms. The van der Waals surface area contributed by atoms with Crippen molar-refractivity contribution in [3.63, 3.8) is 0 Å². The summed E-state index contributed by atoms with van der Waals surface area (Å²) in [4.78, 5) is 0. The summed E-state index contributed by atoms with van der Waals surface area (Å²) in [5.41, 5.74) is 5.66. The van der Waals surface area contributed by atoms with Crippen LogP contribution in [0.3, 0.4) is 0 Å². The number of nitrogens with zero attached hydrogens (tertiary/aromatic N) is 2. The minimum atomic E-state index is -4.76. The molecule has 1 aliphatic rings. The predicted molar refractivity (Wildman–Crippen MR) is 179 cm³/mol. The number of alkyl halides is 3. The molecule has 0 saturated heterocycles. The maximum Gasteiger partial charge on any atom is 0.418 e. The van der Waals surface area contributed by atoms with Crippen LogP contribution in [-0.4, -0.2) is 9.13 Å². The molecule has 2 aromatic heterocycles. The van der Waals surface area contributed by atoms with Gasteiger partial charge in [-0.1, -0.05) is 48.5 Å². The minimum Gasteiger partial charge on any atom is -0.309 e. The molecular weight excluding hydrogens is 603 g/mol. The van der Waals surface area contributed by atoms with Crippen molar-refractivity contribution < 1.29 is 22.0 Å². The van der Waals surface area contributed by atoms with Gasteiger partial charge in [0, 0.05) is 38.7 Å². The zero-order valence-corrected chi connectivity index (χ0v) is 25.5. The average molecular weight is 629 g/mol. The number of rotatable bonds is 1.